The van der Waals surface area contributed by atoms with Crippen molar-refractivity contribution in [3.8, 4) is 22.6 Å². The molecule has 3 N–H and O–H groups in total. The van der Waals surface area contributed by atoms with Crippen LogP contribution in [0.15, 0.2) is 120 Å². The minimum absolute atomic E-state index is 0. The number of para-hydroxylation sites is 1. The molecule has 2 heterocycles. The number of sulfonamides is 1. The number of H-pyrrole nitrogens is 1. The number of aliphatic imine (C=N–C) groups is 1. The van der Waals surface area contributed by atoms with E-state index in [4.69, 9.17) is 4.74 Å². The van der Waals surface area contributed by atoms with Gasteiger partial charge >= 0.3 is 88.7 Å². The molecule has 18 nitrogen and oxygen atoms in total. The number of ether oxygens (including phenoxy) is 1. The molecule has 0 fully saturated rings. The molecular weight excluding hydrogens is 994 g/mol. The van der Waals surface area contributed by atoms with E-state index in [1.165, 1.54) is 48.5 Å². The smallest absolute Gasteiger partial charge is 0.744 e. The number of rotatable bonds is 12. The largest absolute Gasteiger partial charge is 1.00 e. The summed E-state index contributed by atoms with van der Waals surface area (Å²) in [6, 6.07) is 20.2. The number of amidine groups is 1. The third kappa shape index (κ3) is 11.1. The molecule has 6 aromatic rings. The van der Waals surface area contributed by atoms with Gasteiger partial charge in [-0.15, -0.1) is 0 Å². The normalized spacial score (nSPS) is 13.9. The van der Waals surface area contributed by atoms with E-state index in [0.717, 1.165) is 18.2 Å². The number of hydrogen-bond donors (Lipinski definition) is 3. The Balaban J connectivity index is 0.00000288. The van der Waals surface area contributed by atoms with Crippen molar-refractivity contribution < 1.29 is 147 Å². The van der Waals surface area contributed by atoms with Crippen LogP contribution in [0.5, 0.6) is 11.5 Å². The van der Waals surface area contributed by atoms with E-state index in [2.05, 4.69) is 29.4 Å². The Morgan fingerprint density at radius 3 is 2.07 bits per heavy atom. The second kappa shape index (κ2) is 20.6. The predicted molar refractivity (Wildman–Crippen MR) is 234 cm³/mol. The Morgan fingerprint density at radius 1 is 0.765 bits per heavy atom. The molecule has 338 valence electrons. The first-order valence-electron chi connectivity index (χ1n) is 19.3. The summed E-state index contributed by atoms with van der Waals surface area (Å²) >= 11 is 0.209. The molecule has 0 radical (unpaired) electrons. The molecule has 8 rings (SSSR count). The Morgan fingerprint density at radius 2 is 1.43 bits per heavy atom. The minimum atomic E-state index is -5.27. The van der Waals surface area contributed by atoms with Gasteiger partial charge in [0.05, 0.1) is 60.4 Å². The molecule has 0 saturated carbocycles. The molecule has 68 heavy (non-hydrogen) atoms. The van der Waals surface area contributed by atoms with Crippen LogP contribution in [-0.4, -0.2) is 51.0 Å². The maximum Gasteiger partial charge on any atom is 1.00 e. The standard InChI is InChI=1S/C43H38N4O14S4.3Na/c1-42(2,3)21-43(4,5)22-14-17-29(33(18-22)65(56,57)58)59-30-20-28(44-26-16-15-23(64(53,54)55)19-31(26)62-61-60-50)35-36-34(24-10-6-7-11-25(24)39(35)48)37(41(49)46-38(30)36)40-45-27-12-8-9-13-32(27)63(51,52)47-40;;;/h6-20,44,50H,21H2,1-5H3,(H,45,47)(H,46,49)(H,53,54,55)(H,56,57,58);;;/q;3*+1/p-3. The predicted octanol–water partition coefficient (Wildman–Crippen LogP) is -2.59. The fourth-order valence-electron chi connectivity index (χ4n) is 8.38. The van der Waals surface area contributed by atoms with Gasteiger partial charge in [0, 0.05) is 22.6 Å². The van der Waals surface area contributed by atoms with Gasteiger partial charge in [0.15, 0.2) is 17.4 Å². The Kier molecular flexibility index (Phi) is 17.0. The van der Waals surface area contributed by atoms with Crippen LogP contribution >= 0.6 is 12.0 Å². The third-order valence-electron chi connectivity index (χ3n) is 10.6. The Bertz CT molecular complexity index is 3470. The second-order valence-corrected chi connectivity index (χ2v) is 22.1. The van der Waals surface area contributed by atoms with E-state index >= 15 is 0 Å². The molecule has 1 aliphatic heterocycles. The zero-order valence-electron chi connectivity index (χ0n) is 37.7. The van der Waals surface area contributed by atoms with Crippen molar-refractivity contribution in [2.75, 3.05) is 5.32 Å². The number of aromatic amines is 1. The number of ketones is 1. The van der Waals surface area contributed by atoms with Crippen molar-refractivity contribution in [1.29, 1.82) is 0 Å². The fraction of sp³-hybridized carbons (Fsp3) is 0.186. The summed E-state index contributed by atoms with van der Waals surface area (Å²) in [7, 11) is -14.6. The average molecular weight is 1030 g/mol. The topological polar surface area (TPSA) is 286 Å². The van der Waals surface area contributed by atoms with Gasteiger partial charge in [-0.3, -0.25) is 19.3 Å². The zero-order chi connectivity index (χ0) is 47.0. The van der Waals surface area contributed by atoms with Crippen molar-refractivity contribution >= 4 is 81.9 Å². The molecule has 2 aliphatic rings. The number of hydrogen-bond acceptors (Lipinski definition) is 17. The quantitative estimate of drug-likeness (QED) is 0.0372. The summed E-state index contributed by atoms with van der Waals surface area (Å²) in [5, 5.41) is 17.3. The minimum Gasteiger partial charge on any atom is -0.744 e. The third-order valence-corrected chi connectivity index (χ3v) is 14.3. The molecule has 0 spiro atoms. The Hall–Kier alpha value is -2.95. The van der Waals surface area contributed by atoms with Crippen molar-refractivity contribution in [1.82, 2.24) is 9.71 Å². The van der Waals surface area contributed by atoms with E-state index in [0.29, 0.717) is 12.0 Å². The SMILES string of the molecule is CC(C)(C)CC(C)(C)c1ccc(Oc2cc(Nc3ccc(S(=O)(=O)[O-])cc3SOO[O-])c3c4c(c(C5=Nc6ccccc6S(=O)(=O)N5)c(=O)[nH]c24)-c2ccccc2C3=O)c(S(=O)(=O)[O-])c1.[Na+].[Na+].[Na+]. The number of carbonyl (C=O) groups is 1. The van der Waals surface area contributed by atoms with Gasteiger partial charge in [0.1, 0.15) is 30.9 Å². The fourth-order valence-corrected chi connectivity index (χ4v) is 11.2. The van der Waals surface area contributed by atoms with Crippen LogP contribution in [0.1, 0.15) is 68.1 Å². The van der Waals surface area contributed by atoms with E-state index in [1.54, 1.807) is 24.3 Å². The van der Waals surface area contributed by atoms with Crippen LogP contribution in [0.2, 0.25) is 0 Å². The van der Waals surface area contributed by atoms with E-state index in [1.807, 2.05) is 34.6 Å². The summed E-state index contributed by atoms with van der Waals surface area (Å²) in [5.41, 5.74) is -1.98. The van der Waals surface area contributed by atoms with Gasteiger partial charge in [0.25, 0.3) is 15.6 Å². The first-order chi connectivity index (χ1) is 30.4. The molecular formula is C43H35N4Na3O14S4. The molecule has 0 unspecified atom stereocenters. The maximum absolute atomic E-state index is 14.8. The molecule has 5 aromatic carbocycles. The molecule has 0 amide bonds. The van der Waals surface area contributed by atoms with Crippen molar-refractivity contribution in [2.45, 2.75) is 66.0 Å². The molecule has 0 saturated heterocycles. The van der Waals surface area contributed by atoms with Gasteiger partial charge in [-0.1, -0.05) is 77.1 Å². The van der Waals surface area contributed by atoms with Gasteiger partial charge in [0.2, 0.25) is 0 Å². The molecule has 0 bridgehead atoms. The number of anilines is 2. The van der Waals surface area contributed by atoms with Crippen molar-refractivity contribution in [2.24, 2.45) is 10.4 Å². The average Bonchev–Trinajstić information content (AvgIpc) is 3.21. The first kappa shape index (κ1) is 56.0. The van der Waals surface area contributed by atoms with Crippen LogP contribution in [0.25, 0.3) is 22.0 Å². The maximum atomic E-state index is 14.8. The summed E-state index contributed by atoms with van der Waals surface area (Å²) < 4.78 is 116. The molecule has 0 atom stereocenters. The zero-order valence-corrected chi connectivity index (χ0v) is 46.9. The van der Waals surface area contributed by atoms with Gasteiger partial charge in [-0.25, -0.2) is 30.2 Å². The summed E-state index contributed by atoms with van der Waals surface area (Å²) in [6.45, 7) is 9.82. The van der Waals surface area contributed by atoms with E-state index in [-0.39, 0.29) is 177 Å². The number of nitrogens with zero attached hydrogens (tertiary/aromatic N) is 1. The van der Waals surface area contributed by atoms with Crippen molar-refractivity contribution in [3.05, 3.63) is 124 Å². The van der Waals surface area contributed by atoms with Crippen LogP contribution in [-0.2, 0) is 45.0 Å². The number of benzene rings is 5. The first-order valence-corrected chi connectivity index (χ1v) is 24.3. The van der Waals surface area contributed by atoms with Gasteiger partial charge < -0.3 is 29.4 Å². The summed E-state index contributed by atoms with van der Waals surface area (Å²) in [6.07, 6.45) is 0.586. The monoisotopic (exact) mass is 1030 g/mol. The van der Waals surface area contributed by atoms with Gasteiger partial charge in [-0.2, -0.15) is 4.33 Å². The van der Waals surface area contributed by atoms with E-state index < -0.39 is 68.4 Å². The second-order valence-electron chi connectivity index (χ2n) is 17.0. The number of pyridine rings is 1. The van der Waals surface area contributed by atoms with E-state index in [9.17, 15) is 49.2 Å². The molecule has 1 aliphatic carbocycles. The Labute approximate surface area is 461 Å². The van der Waals surface area contributed by atoms with Crippen LogP contribution in [0.3, 0.4) is 0 Å². The van der Waals surface area contributed by atoms with Gasteiger partial charge in [-0.05, 0) is 70.8 Å². The summed E-state index contributed by atoms with van der Waals surface area (Å²) in [4.78, 5) is 34.8. The number of carbonyl (C=O) groups excluding carboxylic acids is 1. The van der Waals surface area contributed by atoms with Crippen LogP contribution in [0.4, 0.5) is 17.1 Å². The van der Waals surface area contributed by atoms with Crippen LogP contribution in [0, 0.1) is 5.41 Å². The van der Waals surface area contributed by atoms with Crippen LogP contribution < -0.4 is 114 Å². The number of nitrogens with one attached hydrogen (secondary N) is 3. The number of fused-ring (bicyclic) bond motifs is 3. The molecule has 25 heteroatoms. The van der Waals surface area contributed by atoms with Crippen molar-refractivity contribution in [3.63, 3.8) is 0 Å². The summed E-state index contributed by atoms with van der Waals surface area (Å²) in [5.74, 6) is -1.86. The molecule has 1 aromatic heterocycles. The number of aromatic nitrogens is 1.